The first-order valence-corrected chi connectivity index (χ1v) is 9.90. The first kappa shape index (κ1) is 18.5. The molecular weight excluding hydrogens is 346 g/mol. The molecule has 1 saturated carbocycles. The molecule has 1 aromatic heterocycles. The van der Waals surface area contributed by atoms with E-state index in [1.54, 1.807) is 6.08 Å². The minimum atomic E-state index is -0.539. The Morgan fingerprint density at radius 2 is 1.92 bits per heavy atom. The highest BCUT2D eigenvalue weighted by atomic mass is 32.1. The number of thiazole rings is 1. The Labute approximate surface area is 157 Å². The van der Waals surface area contributed by atoms with Gasteiger partial charge in [0.2, 0.25) is 0 Å². The molecule has 0 amide bonds. The average Bonchev–Trinajstić information content (AvgIpc) is 3.10. The van der Waals surface area contributed by atoms with Crippen LogP contribution in [0.1, 0.15) is 64.6 Å². The van der Waals surface area contributed by atoms with Crippen molar-refractivity contribution < 1.29 is 14.3 Å². The van der Waals surface area contributed by atoms with Gasteiger partial charge in [0.1, 0.15) is 0 Å². The molecule has 2 aromatic rings. The Hall–Kier alpha value is -2.27. The fourth-order valence-corrected chi connectivity index (χ4v) is 3.84. The molecule has 1 fully saturated rings. The molecule has 3 rings (SSSR count). The number of aryl methyl sites for hydroxylation is 1. The molecule has 136 valence electrons. The number of carbonyl (C=O) groups excluding carboxylic acids is 2. The maximum absolute atomic E-state index is 12.2. The van der Waals surface area contributed by atoms with Crippen molar-refractivity contribution in [2.45, 2.75) is 44.9 Å². The van der Waals surface area contributed by atoms with Gasteiger partial charge in [-0.05, 0) is 37.3 Å². The number of ether oxygens (including phenoxy) is 1. The molecule has 0 saturated heterocycles. The Morgan fingerprint density at radius 3 is 2.58 bits per heavy atom. The van der Waals surface area contributed by atoms with Crippen LogP contribution in [-0.4, -0.2) is 23.3 Å². The molecule has 0 atom stereocenters. The molecule has 4 nitrogen and oxygen atoms in total. The number of benzene rings is 1. The summed E-state index contributed by atoms with van der Waals surface area (Å²) in [5, 5.41) is 2.79. The van der Waals surface area contributed by atoms with Crippen LogP contribution < -0.4 is 0 Å². The standard InChI is InChI=1S/C21H23NO3S/c1-15-22-19(14-26-15)11-12-21(24)25-13-20(23)18-9-7-17(8-10-18)16-5-3-2-4-6-16/h7-12,14,16H,2-6,13H2,1H3/b12-11+. The largest absolute Gasteiger partial charge is 0.454 e. The summed E-state index contributed by atoms with van der Waals surface area (Å²) >= 11 is 1.51. The van der Waals surface area contributed by atoms with Crippen LogP contribution in [0.25, 0.3) is 6.08 Å². The van der Waals surface area contributed by atoms with E-state index in [9.17, 15) is 9.59 Å². The fraction of sp³-hybridized carbons (Fsp3) is 0.381. The van der Waals surface area contributed by atoms with E-state index in [-0.39, 0.29) is 12.4 Å². The van der Waals surface area contributed by atoms with Gasteiger partial charge in [-0.3, -0.25) is 4.79 Å². The molecule has 0 N–H and O–H groups in total. The van der Waals surface area contributed by atoms with Gasteiger partial charge >= 0.3 is 5.97 Å². The number of Topliss-reactive ketones (excluding diaryl/α,β-unsaturated/α-hetero) is 1. The number of rotatable bonds is 6. The molecule has 1 aliphatic carbocycles. The SMILES string of the molecule is Cc1nc(/C=C/C(=O)OCC(=O)c2ccc(C3CCCCC3)cc2)cs1. The lowest BCUT2D eigenvalue weighted by Crippen LogP contribution is -2.13. The zero-order valence-electron chi connectivity index (χ0n) is 14.9. The number of hydrogen-bond acceptors (Lipinski definition) is 5. The number of carbonyl (C=O) groups is 2. The van der Waals surface area contributed by atoms with E-state index in [0.29, 0.717) is 17.2 Å². The lowest BCUT2D eigenvalue weighted by atomic mass is 9.84. The van der Waals surface area contributed by atoms with Gasteiger partial charge in [-0.2, -0.15) is 0 Å². The summed E-state index contributed by atoms with van der Waals surface area (Å²) in [7, 11) is 0. The molecule has 0 spiro atoms. The Kier molecular flexibility index (Phi) is 6.34. The van der Waals surface area contributed by atoms with Gasteiger partial charge < -0.3 is 4.74 Å². The van der Waals surface area contributed by atoms with Crippen LogP contribution in [-0.2, 0) is 9.53 Å². The molecule has 26 heavy (non-hydrogen) atoms. The van der Waals surface area contributed by atoms with Gasteiger partial charge in [0.05, 0.1) is 10.7 Å². The number of hydrogen-bond donors (Lipinski definition) is 0. The van der Waals surface area contributed by atoms with E-state index in [1.165, 1.54) is 55.1 Å². The zero-order valence-corrected chi connectivity index (χ0v) is 15.8. The van der Waals surface area contributed by atoms with Crippen LogP contribution >= 0.6 is 11.3 Å². The molecule has 0 unspecified atom stereocenters. The summed E-state index contributed by atoms with van der Waals surface area (Å²) in [6, 6.07) is 7.76. The van der Waals surface area contributed by atoms with E-state index in [1.807, 2.05) is 36.6 Å². The second-order valence-corrected chi connectivity index (χ2v) is 7.67. The van der Waals surface area contributed by atoms with Crippen molar-refractivity contribution in [1.29, 1.82) is 0 Å². The minimum absolute atomic E-state index is 0.188. The van der Waals surface area contributed by atoms with Crippen molar-refractivity contribution >= 4 is 29.2 Å². The van der Waals surface area contributed by atoms with E-state index >= 15 is 0 Å². The van der Waals surface area contributed by atoms with Gasteiger partial charge in [-0.25, -0.2) is 9.78 Å². The third kappa shape index (κ3) is 5.11. The van der Waals surface area contributed by atoms with Gasteiger partial charge in [0.25, 0.3) is 0 Å². The summed E-state index contributed by atoms with van der Waals surface area (Å²) in [6.07, 6.45) is 9.26. The summed E-state index contributed by atoms with van der Waals surface area (Å²) in [6.45, 7) is 1.65. The van der Waals surface area contributed by atoms with Crippen LogP contribution in [0.2, 0.25) is 0 Å². The highest BCUT2D eigenvalue weighted by Gasteiger charge is 2.16. The number of esters is 1. The maximum atomic E-state index is 12.2. The topological polar surface area (TPSA) is 56.3 Å². The number of ketones is 1. The molecule has 1 aromatic carbocycles. The van der Waals surface area contributed by atoms with Crippen LogP contribution in [0.5, 0.6) is 0 Å². The Balaban J connectivity index is 1.49. The van der Waals surface area contributed by atoms with Crippen LogP contribution in [0.4, 0.5) is 0 Å². The fourth-order valence-electron chi connectivity index (χ4n) is 3.26. The van der Waals surface area contributed by atoms with Crippen molar-refractivity contribution in [1.82, 2.24) is 4.98 Å². The normalized spacial score (nSPS) is 15.3. The molecular formula is C21H23NO3S. The molecule has 1 heterocycles. The van der Waals surface area contributed by atoms with Crippen LogP contribution in [0, 0.1) is 6.92 Å². The van der Waals surface area contributed by atoms with Crippen LogP contribution in [0.15, 0.2) is 35.7 Å². The maximum Gasteiger partial charge on any atom is 0.331 e. The van der Waals surface area contributed by atoms with Gasteiger partial charge in [-0.1, -0.05) is 43.5 Å². The summed E-state index contributed by atoms with van der Waals surface area (Å²) < 4.78 is 5.03. The first-order valence-electron chi connectivity index (χ1n) is 9.02. The number of nitrogens with zero attached hydrogens (tertiary/aromatic N) is 1. The minimum Gasteiger partial charge on any atom is -0.454 e. The Morgan fingerprint density at radius 1 is 1.19 bits per heavy atom. The van der Waals surface area contributed by atoms with E-state index in [4.69, 9.17) is 4.74 Å². The predicted octanol–water partition coefficient (Wildman–Crippen LogP) is 4.94. The average molecular weight is 369 g/mol. The van der Waals surface area contributed by atoms with E-state index < -0.39 is 5.97 Å². The molecule has 0 aliphatic heterocycles. The smallest absolute Gasteiger partial charge is 0.331 e. The zero-order chi connectivity index (χ0) is 18.4. The first-order chi connectivity index (χ1) is 12.6. The van der Waals surface area contributed by atoms with Crippen molar-refractivity contribution in [2.24, 2.45) is 0 Å². The van der Waals surface area contributed by atoms with Crippen molar-refractivity contribution in [3.8, 4) is 0 Å². The third-order valence-electron chi connectivity index (χ3n) is 4.68. The second kappa shape index (κ2) is 8.90. The van der Waals surface area contributed by atoms with E-state index in [2.05, 4.69) is 4.98 Å². The molecule has 5 heteroatoms. The highest BCUT2D eigenvalue weighted by molar-refractivity contribution is 7.09. The summed E-state index contributed by atoms with van der Waals surface area (Å²) in [5.41, 5.74) is 2.60. The summed E-state index contributed by atoms with van der Waals surface area (Å²) in [5.74, 6) is -0.112. The van der Waals surface area contributed by atoms with Gasteiger partial charge in [0, 0.05) is 17.0 Å². The van der Waals surface area contributed by atoms with Crippen LogP contribution in [0.3, 0.4) is 0 Å². The Bertz CT molecular complexity index is 786. The van der Waals surface area contributed by atoms with Crippen molar-refractivity contribution in [3.63, 3.8) is 0 Å². The van der Waals surface area contributed by atoms with Gasteiger partial charge in [0.15, 0.2) is 12.4 Å². The van der Waals surface area contributed by atoms with Crippen molar-refractivity contribution in [2.75, 3.05) is 6.61 Å². The summed E-state index contributed by atoms with van der Waals surface area (Å²) in [4.78, 5) is 28.2. The second-order valence-electron chi connectivity index (χ2n) is 6.61. The third-order valence-corrected chi connectivity index (χ3v) is 5.47. The van der Waals surface area contributed by atoms with Crippen molar-refractivity contribution in [3.05, 3.63) is 57.6 Å². The molecule has 0 bridgehead atoms. The lowest BCUT2D eigenvalue weighted by molar-refractivity contribution is -0.136. The quantitative estimate of drug-likeness (QED) is 0.411. The lowest BCUT2D eigenvalue weighted by Gasteiger charge is -2.22. The van der Waals surface area contributed by atoms with Gasteiger partial charge in [-0.15, -0.1) is 11.3 Å². The monoisotopic (exact) mass is 369 g/mol. The molecule has 1 aliphatic rings. The molecule has 0 radical (unpaired) electrons. The highest BCUT2D eigenvalue weighted by Crippen LogP contribution is 2.32. The number of aromatic nitrogens is 1. The van der Waals surface area contributed by atoms with E-state index in [0.717, 1.165) is 5.01 Å². The predicted molar refractivity (Wildman–Crippen MR) is 103 cm³/mol.